The van der Waals surface area contributed by atoms with Gasteiger partial charge >= 0.3 is 0 Å². The highest BCUT2D eigenvalue weighted by Crippen LogP contribution is 2.31. The average Bonchev–Trinajstić information content (AvgIpc) is 2.81. The predicted molar refractivity (Wildman–Crippen MR) is 151 cm³/mol. The van der Waals surface area contributed by atoms with Gasteiger partial charge in [0.2, 0.25) is 5.95 Å². The molecule has 0 aliphatic heterocycles. The highest BCUT2D eigenvalue weighted by atomic mass is 32.1. The van der Waals surface area contributed by atoms with Gasteiger partial charge in [-0.2, -0.15) is 35.2 Å². The number of aromatic hydroxyl groups is 1. The molecule has 2 atom stereocenters. The van der Waals surface area contributed by atoms with Gasteiger partial charge in [0.05, 0.1) is 10.5 Å². The van der Waals surface area contributed by atoms with Crippen LogP contribution in [0.3, 0.4) is 0 Å². The summed E-state index contributed by atoms with van der Waals surface area (Å²) in [6, 6.07) is 3.81. The standard InChI is InChI=1S/C27H44N4OS2/c1-5-7-9-11-13-15-22(33)25-29-26(23(34)16-14-12-10-8-6-2)31-27(30-25)28-21-17-19(3)24(32)20(4)18-21/h17-18,22-23,32-34H,5-16H2,1-4H3,(H,28,29,30,31). The second kappa shape index (κ2) is 15.5. The first-order valence-corrected chi connectivity index (χ1v) is 14.1. The molecule has 2 aromatic rings. The predicted octanol–water partition coefficient (Wildman–Crippen LogP) is 8.60. The fourth-order valence-electron chi connectivity index (χ4n) is 4.06. The molecule has 0 spiro atoms. The summed E-state index contributed by atoms with van der Waals surface area (Å²) in [4.78, 5) is 14.2. The number of aryl methyl sites for hydroxylation is 2. The van der Waals surface area contributed by atoms with E-state index in [4.69, 9.17) is 40.2 Å². The number of rotatable bonds is 16. The molecule has 0 aliphatic rings. The molecule has 0 aliphatic carbocycles. The molecular weight excluding hydrogens is 460 g/mol. The van der Waals surface area contributed by atoms with Gasteiger partial charge in [-0.15, -0.1) is 0 Å². The minimum absolute atomic E-state index is 0.0303. The number of aromatic nitrogens is 3. The van der Waals surface area contributed by atoms with E-state index in [1.165, 1.54) is 51.4 Å². The van der Waals surface area contributed by atoms with Crippen molar-refractivity contribution in [2.75, 3.05) is 5.32 Å². The summed E-state index contributed by atoms with van der Waals surface area (Å²) in [5, 5.41) is 13.4. The van der Waals surface area contributed by atoms with Crippen molar-refractivity contribution >= 4 is 36.9 Å². The first kappa shape index (κ1) is 28.8. The average molecular weight is 505 g/mol. The Balaban J connectivity index is 2.18. The lowest BCUT2D eigenvalue weighted by atomic mass is 10.1. The number of phenols is 1. The van der Waals surface area contributed by atoms with Crippen LogP contribution in [0.2, 0.25) is 0 Å². The van der Waals surface area contributed by atoms with Crippen LogP contribution in [0.15, 0.2) is 12.1 Å². The van der Waals surface area contributed by atoms with Gasteiger partial charge in [0.25, 0.3) is 0 Å². The van der Waals surface area contributed by atoms with Crippen molar-refractivity contribution in [3.63, 3.8) is 0 Å². The molecule has 0 amide bonds. The molecule has 2 rings (SSSR count). The highest BCUT2D eigenvalue weighted by molar-refractivity contribution is 7.80. The van der Waals surface area contributed by atoms with E-state index in [0.717, 1.165) is 42.5 Å². The van der Waals surface area contributed by atoms with Crippen molar-refractivity contribution in [1.29, 1.82) is 0 Å². The summed E-state index contributed by atoms with van der Waals surface area (Å²) in [7, 11) is 0. The smallest absolute Gasteiger partial charge is 0.230 e. The molecule has 2 N–H and O–H groups in total. The molecule has 0 saturated heterocycles. The van der Waals surface area contributed by atoms with E-state index in [1.54, 1.807) is 0 Å². The maximum Gasteiger partial charge on any atom is 0.230 e. The quantitative estimate of drug-likeness (QED) is 0.105. The van der Waals surface area contributed by atoms with E-state index >= 15 is 0 Å². The molecule has 0 fully saturated rings. The molecule has 2 unspecified atom stereocenters. The van der Waals surface area contributed by atoms with Crippen LogP contribution in [0.4, 0.5) is 11.6 Å². The lowest BCUT2D eigenvalue weighted by Crippen LogP contribution is -2.11. The van der Waals surface area contributed by atoms with Crippen molar-refractivity contribution in [2.24, 2.45) is 0 Å². The number of anilines is 2. The molecule has 190 valence electrons. The van der Waals surface area contributed by atoms with Gasteiger partial charge in [-0.25, -0.2) is 4.98 Å². The second-order valence-corrected chi connectivity index (χ2v) is 10.6. The zero-order chi connectivity index (χ0) is 24.9. The zero-order valence-corrected chi connectivity index (χ0v) is 23.3. The van der Waals surface area contributed by atoms with Crippen LogP contribution in [0, 0.1) is 13.8 Å². The van der Waals surface area contributed by atoms with E-state index in [9.17, 15) is 5.11 Å². The highest BCUT2D eigenvalue weighted by Gasteiger charge is 2.18. The fourth-order valence-corrected chi connectivity index (χ4v) is 4.66. The maximum absolute atomic E-state index is 10.1. The molecule has 1 aromatic carbocycles. The van der Waals surface area contributed by atoms with E-state index in [-0.39, 0.29) is 10.5 Å². The number of hydrogen-bond donors (Lipinski definition) is 4. The Bertz CT molecular complexity index is 816. The Morgan fingerprint density at radius 3 is 1.62 bits per heavy atom. The first-order chi connectivity index (χ1) is 16.3. The molecule has 0 bridgehead atoms. The summed E-state index contributed by atoms with van der Waals surface area (Å²) in [6.07, 6.45) is 14.2. The molecule has 5 nitrogen and oxygen atoms in total. The third-order valence-corrected chi connectivity index (χ3v) is 7.15. The third kappa shape index (κ3) is 9.65. The molecule has 7 heteroatoms. The van der Waals surface area contributed by atoms with Crippen molar-refractivity contribution < 1.29 is 5.11 Å². The minimum atomic E-state index is -0.0303. The van der Waals surface area contributed by atoms with Crippen molar-refractivity contribution in [2.45, 2.75) is 115 Å². The Morgan fingerprint density at radius 1 is 0.735 bits per heavy atom. The zero-order valence-electron chi connectivity index (χ0n) is 21.5. The first-order valence-electron chi connectivity index (χ1n) is 13.0. The monoisotopic (exact) mass is 504 g/mol. The second-order valence-electron chi connectivity index (χ2n) is 9.40. The number of benzene rings is 1. The Kier molecular flexibility index (Phi) is 13.1. The van der Waals surface area contributed by atoms with Crippen LogP contribution in [0.5, 0.6) is 5.75 Å². The van der Waals surface area contributed by atoms with Gasteiger partial charge in [0.1, 0.15) is 17.4 Å². The normalized spacial score (nSPS) is 13.1. The van der Waals surface area contributed by atoms with Gasteiger partial charge in [-0.05, 0) is 49.9 Å². The lowest BCUT2D eigenvalue weighted by molar-refractivity contribution is 0.467. The van der Waals surface area contributed by atoms with E-state index in [2.05, 4.69) is 19.2 Å². The number of phenolic OH excluding ortho intramolecular Hbond substituents is 1. The Labute approximate surface area is 217 Å². The van der Waals surface area contributed by atoms with Gasteiger partial charge in [0.15, 0.2) is 0 Å². The Morgan fingerprint density at radius 2 is 1.18 bits per heavy atom. The van der Waals surface area contributed by atoms with Gasteiger partial charge in [-0.3, -0.25) is 0 Å². The van der Waals surface area contributed by atoms with Crippen molar-refractivity contribution in [1.82, 2.24) is 15.0 Å². The van der Waals surface area contributed by atoms with Gasteiger partial charge in [-0.1, -0.05) is 78.1 Å². The minimum Gasteiger partial charge on any atom is -0.507 e. The number of thiol groups is 2. The van der Waals surface area contributed by atoms with Gasteiger partial charge in [0, 0.05) is 5.69 Å². The number of hydrogen-bond acceptors (Lipinski definition) is 7. The summed E-state index contributed by atoms with van der Waals surface area (Å²) in [5.74, 6) is 2.26. The molecule has 1 heterocycles. The van der Waals surface area contributed by atoms with Crippen LogP contribution < -0.4 is 5.32 Å². The molecule has 0 radical (unpaired) electrons. The van der Waals surface area contributed by atoms with E-state index in [1.807, 2.05) is 26.0 Å². The van der Waals surface area contributed by atoms with Crippen molar-refractivity contribution in [3.05, 3.63) is 34.9 Å². The fraction of sp³-hybridized carbons (Fsp3) is 0.667. The Hall–Kier alpha value is -1.47. The maximum atomic E-state index is 10.1. The van der Waals surface area contributed by atoms with Crippen molar-refractivity contribution in [3.8, 4) is 5.75 Å². The third-order valence-electron chi connectivity index (χ3n) is 6.18. The summed E-state index contributed by atoms with van der Waals surface area (Å²) < 4.78 is 0. The topological polar surface area (TPSA) is 70.9 Å². The largest absolute Gasteiger partial charge is 0.507 e. The number of unbranched alkanes of at least 4 members (excludes halogenated alkanes) is 8. The van der Waals surface area contributed by atoms with Crippen LogP contribution >= 0.6 is 25.3 Å². The van der Waals surface area contributed by atoms with Crippen LogP contribution in [-0.2, 0) is 0 Å². The number of nitrogens with one attached hydrogen (secondary N) is 1. The summed E-state index contributed by atoms with van der Waals surface area (Å²) in [5.41, 5.74) is 2.48. The van der Waals surface area contributed by atoms with Crippen LogP contribution in [0.1, 0.15) is 124 Å². The molecule has 1 aromatic heterocycles. The SMILES string of the molecule is CCCCCCCC(S)c1nc(Nc2cc(C)c(O)c(C)c2)nc(C(S)CCCCCCC)n1. The number of nitrogens with zero attached hydrogens (tertiary/aromatic N) is 3. The molecular formula is C27H44N4OS2. The summed E-state index contributed by atoms with van der Waals surface area (Å²) >= 11 is 9.70. The van der Waals surface area contributed by atoms with Crippen LogP contribution in [-0.4, -0.2) is 20.1 Å². The molecule has 0 saturated carbocycles. The van der Waals surface area contributed by atoms with E-state index < -0.39 is 0 Å². The van der Waals surface area contributed by atoms with Crippen LogP contribution in [0.25, 0.3) is 0 Å². The van der Waals surface area contributed by atoms with Gasteiger partial charge < -0.3 is 10.4 Å². The van der Waals surface area contributed by atoms with E-state index in [0.29, 0.717) is 23.3 Å². The lowest BCUT2D eigenvalue weighted by Gasteiger charge is -2.16. The molecule has 34 heavy (non-hydrogen) atoms. The summed E-state index contributed by atoms with van der Waals surface area (Å²) in [6.45, 7) is 8.25.